The van der Waals surface area contributed by atoms with Crippen molar-refractivity contribution in [3.8, 4) is 6.07 Å². The summed E-state index contributed by atoms with van der Waals surface area (Å²) in [5, 5.41) is 23.4. The van der Waals surface area contributed by atoms with Gasteiger partial charge >= 0.3 is 0 Å². The molecule has 0 bridgehead atoms. The molecule has 1 saturated heterocycles. The number of hydrogen-bond donors (Lipinski definition) is 1. The Morgan fingerprint density at radius 2 is 2.27 bits per heavy atom. The lowest BCUT2D eigenvalue weighted by Crippen LogP contribution is -2.31. The van der Waals surface area contributed by atoms with Gasteiger partial charge in [0.2, 0.25) is 0 Å². The highest BCUT2D eigenvalue weighted by atomic mass is 35.5. The molecule has 3 aromatic rings. The monoisotopic (exact) mass is 383 g/mol. The van der Waals surface area contributed by atoms with E-state index in [1.54, 1.807) is 23.5 Å². The molecule has 2 unspecified atom stereocenters. The van der Waals surface area contributed by atoms with Gasteiger partial charge < -0.3 is 10.0 Å². The Morgan fingerprint density at radius 1 is 1.38 bits per heavy atom. The Balaban J connectivity index is 1.65. The fourth-order valence-corrected chi connectivity index (χ4v) is 4.56. The van der Waals surface area contributed by atoms with E-state index in [9.17, 15) is 10.4 Å². The molecule has 2 aromatic heterocycles. The lowest BCUT2D eigenvalue weighted by molar-refractivity contribution is 0.161. The molecule has 1 N–H and O–H groups in total. The van der Waals surface area contributed by atoms with Gasteiger partial charge in [-0.15, -0.1) is 11.3 Å². The zero-order valence-electron chi connectivity index (χ0n) is 14.1. The molecule has 0 saturated carbocycles. The number of thiophene rings is 1. The van der Waals surface area contributed by atoms with Gasteiger partial charge in [0.1, 0.15) is 5.82 Å². The van der Waals surface area contributed by atoms with Crippen LogP contribution in [0.3, 0.4) is 0 Å². The first kappa shape index (κ1) is 17.3. The number of nitriles is 1. The molecule has 1 aliphatic rings. The first-order chi connectivity index (χ1) is 12.7. The van der Waals surface area contributed by atoms with Crippen LogP contribution in [0, 0.1) is 11.3 Å². The third-order valence-electron chi connectivity index (χ3n) is 4.92. The SMILES string of the molecule is N#Cc1cc(N2CCCC2CC(O)c2cccs2)nc2ccc(Cl)cc12. The molecule has 0 spiro atoms. The van der Waals surface area contributed by atoms with Crippen molar-refractivity contribution >= 4 is 39.7 Å². The summed E-state index contributed by atoms with van der Waals surface area (Å²) in [6, 6.07) is 13.7. The zero-order chi connectivity index (χ0) is 18.1. The average Bonchev–Trinajstić information content (AvgIpc) is 3.32. The van der Waals surface area contributed by atoms with Gasteiger partial charge in [-0.25, -0.2) is 4.98 Å². The van der Waals surface area contributed by atoms with Gasteiger partial charge in [-0.1, -0.05) is 17.7 Å². The second-order valence-electron chi connectivity index (χ2n) is 6.56. The summed E-state index contributed by atoms with van der Waals surface area (Å²) in [6.07, 6.45) is 2.28. The van der Waals surface area contributed by atoms with Crippen molar-refractivity contribution in [3.05, 3.63) is 57.2 Å². The minimum absolute atomic E-state index is 0.218. The Kier molecular flexibility index (Phi) is 4.82. The minimum Gasteiger partial charge on any atom is -0.387 e. The predicted octanol–water partition coefficient (Wildman–Crippen LogP) is 4.91. The van der Waals surface area contributed by atoms with Crippen molar-refractivity contribution in [2.75, 3.05) is 11.4 Å². The van der Waals surface area contributed by atoms with Crippen LogP contribution >= 0.6 is 22.9 Å². The quantitative estimate of drug-likeness (QED) is 0.695. The van der Waals surface area contributed by atoms with Crippen LogP contribution in [0.25, 0.3) is 10.9 Å². The average molecular weight is 384 g/mol. The first-order valence-electron chi connectivity index (χ1n) is 8.64. The molecule has 1 fully saturated rings. The smallest absolute Gasteiger partial charge is 0.130 e. The standard InChI is InChI=1S/C20H18ClN3OS/c21-14-5-6-17-16(10-14)13(12-22)9-20(23-17)24-7-1-3-15(24)11-18(25)19-4-2-8-26-19/h2,4-6,8-10,15,18,25H,1,3,7,11H2. The predicted molar refractivity (Wildman–Crippen MR) is 106 cm³/mol. The van der Waals surface area contributed by atoms with Crippen LogP contribution in [0.15, 0.2) is 41.8 Å². The van der Waals surface area contributed by atoms with Crippen LogP contribution < -0.4 is 4.90 Å². The van der Waals surface area contributed by atoms with Crippen LogP contribution in [0.4, 0.5) is 5.82 Å². The number of pyridine rings is 1. The van der Waals surface area contributed by atoms with Gasteiger partial charge in [0, 0.05) is 27.9 Å². The fourth-order valence-electron chi connectivity index (χ4n) is 3.66. The summed E-state index contributed by atoms with van der Waals surface area (Å²) >= 11 is 7.65. The van der Waals surface area contributed by atoms with E-state index in [-0.39, 0.29) is 6.04 Å². The molecule has 0 aliphatic carbocycles. The van der Waals surface area contributed by atoms with E-state index in [4.69, 9.17) is 16.6 Å². The Morgan fingerprint density at radius 3 is 3.04 bits per heavy atom. The largest absolute Gasteiger partial charge is 0.387 e. The normalized spacial score (nSPS) is 18.2. The number of aliphatic hydroxyl groups excluding tert-OH is 1. The maximum absolute atomic E-state index is 10.5. The van der Waals surface area contributed by atoms with Crippen molar-refractivity contribution < 1.29 is 5.11 Å². The molecule has 26 heavy (non-hydrogen) atoms. The number of nitrogens with zero attached hydrogens (tertiary/aromatic N) is 3. The number of anilines is 1. The Labute approximate surface area is 161 Å². The van der Waals surface area contributed by atoms with Crippen LogP contribution in [-0.2, 0) is 0 Å². The van der Waals surface area contributed by atoms with Crippen LogP contribution in [-0.4, -0.2) is 22.7 Å². The van der Waals surface area contributed by atoms with Gasteiger partial charge in [-0.2, -0.15) is 5.26 Å². The highest BCUT2D eigenvalue weighted by Gasteiger charge is 2.29. The highest BCUT2D eigenvalue weighted by Crippen LogP contribution is 2.34. The molecule has 0 amide bonds. The summed E-state index contributed by atoms with van der Waals surface area (Å²) in [7, 11) is 0. The van der Waals surface area contributed by atoms with Crippen molar-refractivity contribution in [1.82, 2.24) is 4.98 Å². The lowest BCUT2D eigenvalue weighted by Gasteiger charge is -2.27. The summed E-state index contributed by atoms with van der Waals surface area (Å²) in [5.74, 6) is 0.803. The molecule has 3 heterocycles. The maximum Gasteiger partial charge on any atom is 0.130 e. The molecule has 1 aromatic carbocycles. The maximum atomic E-state index is 10.5. The van der Waals surface area contributed by atoms with Gasteiger partial charge in [-0.3, -0.25) is 0 Å². The molecule has 1 aliphatic heterocycles. The first-order valence-corrected chi connectivity index (χ1v) is 9.90. The van der Waals surface area contributed by atoms with Crippen molar-refractivity contribution in [2.45, 2.75) is 31.4 Å². The molecular weight excluding hydrogens is 366 g/mol. The Bertz CT molecular complexity index is 967. The number of aliphatic hydroxyl groups is 1. The zero-order valence-corrected chi connectivity index (χ0v) is 15.7. The molecule has 4 nitrogen and oxygen atoms in total. The third kappa shape index (κ3) is 3.28. The number of fused-ring (bicyclic) bond motifs is 1. The van der Waals surface area contributed by atoms with E-state index in [0.29, 0.717) is 17.0 Å². The molecule has 132 valence electrons. The highest BCUT2D eigenvalue weighted by molar-refractivity contribution is 7.10. The lowest BCUT2D eigenvalue weighted by atomic mass is 10.1. The van der Waals surface area contributed by atoms with Crippen molar-refractivity contribution in [2.24, 2.45) is 0 Å². The summed E-state index contributed by atoms with van der Waals surface area (Å²) < 4.78 is 0. The molecule has 6 heteroatoms. The van der Waals surface area contributed by atoms with Crippen LogP contribution in [0.1, 0.15) is 35.8 Å². The summed E-state index contributed by atoms with van der Waals surface area (Å²) in [6.45, 7) is 0.888. The number of aromatic nitrogens is 1. The van der Waals surface area contributed by atoms with Crippen LogP contribution in [0.2, 0.25) is 5.02 Å². The molecule has 2 atom stereocenters. The Hall–Kier alpha value is -2.13. The van der Waals surface area contributed by atoms with Gasteiger partial charge in [0.25, 0.3) is 0 Å². The van der Waals surface area contributed by atoms with Crippen molar-refractivity contribution in [1.29, 1.82) is 5.26 Å². The van der Waals surface area contributed by atoms with E-state index in [1.165, 1.54) is 0 Å². The van der Waals surface area contributed by atoms with Crippen LogP contribution in [0.5, 0.6) is 0 Å². The topological polar surface area (TPSA) is 60.2 Å². The summed E-state index contributed by atoms with van der Waals surface area (Å²) in [4.78, 5) is 7.99. The molecule has 4 rings (SSSR count). The third-order valence-corrected chi connectivity index (χ3v) is 6.12. The fraction of sp³-hybridized carbons (Fsp3) is 0.300. The van der Waals surface area contributed by atoms with E-state index >= 15 is 0 Å². The van der Waals surface area contributed by atoms with E-state index < -0.39 is 6.10 Å². The summed E-state index contributed by atoms with van der Waals surface area (Å²) in [5.41, 5.74) is 1.35. The number of hydrogen-bond acceptors (Lipinski definition) is 5. The molecular formula is C20H18ClN3OS. The number of rotatable bonds is 4. The van der Waals surface area contributed by atoms with Gasteiger partial charge in [0.05, 0.1) is 23.3 Å². The van der Waals surface area contributed by atoms with E-state index in [0.717, 1.165) is 41.0 Å². The second-order valence-corrected chi connectivity index (χ2v) is 7.97. The van der Waals surface area contributed by atoms with Gasteiger partial charge in [0.15, 0.2) is 0 Å². The second kappa shape index (κ2) is 7.24. The number of halogens is 1. The number of benzene rings is 1. The van der Waals surface area contributed by atoms with Crippen molar-refractivity contribution in [3.63, 3.8) is 0 Å². The molecule has 0 radical (unpaired) electrons. The van der Waals surface area contributed by atoms with E-state index in [1.807, 2.05) is 29.6 Å². The van der Waals surface area contributed by atoms with Gasteiger partial charge in [-0.05, 0) is 55.0 Å². The minimum atomic E-state index is -0.463. The van der Waals surface area contributed by atoms with E-state index in [2.05, 4.69) is 11.0 Å².